The topological polar surface area (TPSA) is 86.8 Å². The Bertz CT molecular complexity index is 1380. The molecule has 0 radical (unpaired) electrons. The third-order valence-electron chi connectivity index (χ3n) is 6.32. The highest BCUT2D eigenvalue weighted by Crippen LogP contribution is 2.25. The first kappa shape index (κ1) is 30.2. The lowest BCUT2D eigenvalue weighted by Crippen LogP contribution is -2.54. The molecule has 0 heterocycles. The Morgan fingerprint density at radius 2 is 1.49 bits per heavy atom. The fourth-order valence-corrected chi connectivity index (χ4v) is 5.47. The van der Waals surface area contributed by atoms with E-state index in [4.69, 9.17) is 11.6 Å². The zero-order valence-corrected chi connectivity index (χ0v) is 24.4. The maximum absolute atomic E-state index is 14.1. The van der Waals surface area contributed by atoms with E-state index in [1.807, 2.05) is 69.3 Å². The van der Waals surface area contributed by atoms with Crippen molar-refractivity contribution in [3.05, 3.63) is 101 Å². The number of hydrogen-bond donors (Lipinski definition) is 1. The molecule has 0 saturated heterocycles. The maximum atomic E-state index is 14.1. The Hall–Kier alpha value is -3.36. The molecule has 0 aliphatic heterocycles. The summed E-state index contributed by atoms with van der Waals surface area (Å²) in [5, 5.41) is 3.39. The maximum Gasteiger partial charge on any atom is 0.244 e. The molecule has 0 saturated carbocycles. The SMILES string of the molecule is CCc1ccccc1N(CC(=O)N(Cc1ccccc1Cl)C(Cc1ccccc1)C(=O)NC(C)C)S(C)(=O)=O. The summed E-state index contributed by atoms with van der Waals surface area (Å²) >= 11 is 6.47. The van der Waals surface area contributed by atoms with Crippen LogP contribution in [0.15, 0.2) is 78.9 Å². The van der Waals surface area contributed by atoms with Gasteiger partial charge in [-0.25, -0.2) is 8.42 Å². The Morgan fingerprint density at radius 1 is 0.897 bits per heavy atom. The van der Waals surface area contributed by atoms with Crippen molar-refractivity contribution in [3.8, 4) is 0 Å². The van der Waals surface area contributed by atoms with Gasteiger partial charge < -0.3 is 10.2 Å². The van der Waals surface area contributed by atoms with Crippen molar-refractivity contribution in [2.45, 2.75) is 52.2 Å². The van der Waals surface area contributed by atoms with Gasteiger partial charge in [-0.15, -0.1) is 0 Å². The molecule has 3 aromatic rings. The van der Waals surface area contributed by atoms with Gasteiger partial charge in [0.1, 0.15) is 12.6 Å². The van der Waals surface area contributed by atoms with Crippen LogP contribution in [0.5, 0.6) is 0 Å². The van der Waals surface area contributed by atoms with Gasteiger partial charge in [0.15, 0.2) is 0 Å². The van der Waals surface area contributed by atoms with Crippen molar-refractivity contribution < 1.29 is 18.0 Å². The second-order valence-corrected chi connectivity index (χ2v) is 12.0. The van der Waals surface area contributed by atoms with Crippen LogP contribution in [0.25, 0.3) is 0 Å². The minimum atomic E-state index is -3.82. The smallest absolute Gasteiger partial charge is 0.244 e. The molecular weight excluding hydrogens is 534 g/mol. The zero-order chi connectivity index (χ0) is 28.6. The molecule has 1 atom stereocenters. The average molecular weight is 570 g/mol. The van der Waals surface area contributed by atoms with Gasteiger partial charge in [0.25, 0.3) is 0 Å². The van der Waals surface area contributed by atoms with Gasteiger partial charge >= 0.3 is 0 Å². The third-order valence-corrected chi connectivity index (χ3v) is 7.82. The quantitative estimate of drug-likeness (QED) is 0.338. The second kappa shape index (κ2) is 13.6. The number of rotatable bonds is 12. The Kier molecular flexibility index (Phi) is 10.5. The van der Waals surface area contributed by atoms with Crippen LogP contribution >= 0.6 is 11.6 Å². The number of halogens is 1. The van der Waals surface area contributed by atoms with E-state index in [-0.39, 0.29) is 24.9 Å². The van der Waals surface area contributed by atoms with Crippen molar-refractivity contribution in [1.82, 2.24) is 10.2 Å². The van der Waals surface area contributed by atoms with E-state index in [0.29, 0.717) is 22.7 Å². The second-order valence-electron chi connectivity index (χ2n) is 9.73. The van der Waals surface area contributed by atoms with Gasteiger partial charge in [-0.2, -0.15) is 0 Å². The summed E-state index contributed by atoms with van der Waals surface area (Å²) in [6, 6.07) is 22.6. The van der Waals surface area contributed by atoms with Crippen LogP contribution in [-0.2, 0) is 39.0 Å². The van der Waals surface area contributed by atoms with Gasteiger partial charge in [-0.05, 0) is 49.1 Å². The molecule has 1 N–H and O–H groups in total. The number of hydrogen-bond acceptors (Lipinski definition) is 4. The number of anilines is 1. The van der Waals surface area contributed by atoms with Crippen LogP contribution in [0, 0.1) is 0 Å². The number of aryl methyl sites for hydroxylation is 1. The van der Waals surface area contributed by atoms with Gasteiger partial charge in [0, 0.05) is 24.0 Å². The minimum Gasteiger partial charge on any atom is -0.352 e. The number of para-hydroxylation sites is 1. The molecule has 39 heavy (non-hydrogen) atoms. The minimum absolute atomic E-state index is 0.0363. The van der Waals surface area contributed by atoms with E-state index in [9.17, 15) is 18.0 Å². The summed E-state index contributed by atoms with van der Waals surface area (Å²) in [7, 11) is -3.82. The number of carbonyl (C=O) groups excluding carboxylic acids is 2. The number of benzene rings is 3. The first-order chi connectivity index (χ1) is 18.5. The molecule has 2 amide bonds. The van der Waals surface area contributed by atoms with Crippen LogP contribution in [0.2, 0.25) is 5.02 Å². The molecule has 1 unspecified atom stereocenters. The first-order valence-corrected chi connectivity index (χ1v) is 15.2. The van der Waals surface area contributed by atoms with Crippen LogP contribution in [0.3, 0.4) is 0 Å². The van der Waals surface area contributed by atoms with Crippen molar-refractivity contribution in [2.75, 3.05) is 17.1 Å². The highest BCUT2D eigenvalue weighted by Gasteiger charge is 2.33. The summed E-state index contributed by atoms with van der Waals surface area (Å²) in [4.78, 5) is 29.1. The highest BCUT2D eigenvalue weighted by atomic mass is 35.5. The van der Waals surface area contributed by atoms with Crippen LogP contribution in [-0.4, -0.2) is 50.0 Å². The molecule has 208 valence electrons. The molecule has 3 rings (SSSR count). The molecule has 0 aliphatic carbocycles. The molecule has 9 heteroatoms. The third kappa shape index (κ3) is 8.31. The first-order valence-electron chi connectivity index (χ1n) is 12.9. The molecular formula is C30H36ClN3O4S. The lowest BCUT2D eigenvalue weighted by atomic mass is 10.0. The molecule has 3 aromatic carbocycles. The van der Waals surface area contributed by atoms with E-state index in [2.05, 4.69) is 5.32 Å². The Morgan fingerprint density at radius 3 is 2.08 bits per heavy atom. The molecule has 0 spiro atoms. The van der Waals surface area contributed by atoms with E-state index in [1.54, 1.807) is 30.3 Å². The summed E-state index contributed by atoms with van der Waals surface area (Å²) in [6.45, 7) is 5.21. The van der Waals surface area contributed by atoms with Crippen molar-refractivity contribution in [2.24, 2.45) is 0 Å². The largest absolute Gasteiger partial charge is 0.352 e. The normalized spacial score (nSPS) is 12.2. The average Bonchev–Trinajstić information content (AvgIpc) is 2.89. The number of nitrogens with zero attached hydrogens (tertiary/aromatic N) is 2. The monoisotopic (exact) mass is 569 g/mol. The zero-order valence-electron chi connectivity index (χ0n) is 22.8. The van der Waals surface area contributed by atoms with Crippen molar-refractivity contribution >= 4 is 39.1 Å². The van der Waals surface area contributed by atoms with Crippen molar-refractivity contribution in [1.29, 1.82) is 0 Å². The van der Waals surface area contributed by atoms with Crippen LogP contribution < -0.4 is 9.62 Å². The fourth-order valence-electron chi connectivity index (χ4n) is 4.39. The summed E-state index contributed by atoms with van der Waals surface area (Å²) in [5.41, 5.74) is 2.77. The van der Waals surface area contributed by atoms with E-state index in [1.165, 1.54) is 4.90 Å². The molecule has 0 bridgehead atoms. The van der Waals surface area contributed by atoms with E-state index in [0.717, 1.165) is 21.7 Å². The van der Waals surface area contributed by atoms with Crippen molar-refractivity contribution in [3.63, 3.8) is 0 Å². The van der Waals surface area contributed by atoms with Gasteiger partial charge in [0.2, 0.25) is 21.8 Å². The Balaban J connectivity index is 2.09. The van der Waals surface area contributed by atoms with Gasteiger partial charge in [-0.1, -0.05) is 85.3 Å². The fraction of sp³-hybridized carbons (Fsp3) is 0.333. The van der Waals surface area contributed by atoms with Gasteiger partial charge in [0.05, 0.1) is 11.9 Å². The Labute approximate surface area is 236 Å². The predicted octanol–water partition coefficient (Wildman–Crippen LogP) is 4.83. The van der Waals surface area contributed by atoms with E-state index >= 15 is 0 Å². The van der Waals surface area contributed by atoms with Crippen LogP contribution in [0.4, 0.5) is 5.69 Å². The molecule has 0 fully saturated rings. The molecule has 0 aromatic heterocycles. The van der Waals surface area contributed by atoms with Gasteiger partial charge in [-0.3, -0.25) is 13.9 Å². The standard InChI is InChI=1S/C30H36ClN3O4S/c1-5-24-15-10-12-18-27(24)34(39(4,37)38)21-29(35)33(20-25-16-9-11-17-26(25)31)28(30(36)32-22(2)3)19-23-13-7-6-8-14-23/h6-18,22,28H,5,19-21H2,1-4H3,(H,32,36). The molecule has 0 aliphatic rings. The summed E-state index contributed by atoms with van der Waals surface area (Å²) < 4.78 is 27.0. The lowest BCUT2D eigenvalue weighted by Gasteiger charge is -2.34. The number of nitrogens with one attached hydrogen (secondary N) is 1. The lowest BCUT2D eigenvalue weighted by molar-refractivity contribution is -0.140. The van der Waals surface area contributed by atoms with E-state index < -0.39 is 28.5 Å². The summed E-state index contributed by atoms with van der Waals surface area (Å²) in [5.74, 6) is -0.833. The summed E-state index contributed by atoms with van der Waals surface area (Å²) in [6.07, 6.45) is 1.92. The number of carbonyl (C=O) groups is 2. The number of sulfonamides is 1. The predicted molar refractivity (Wildman–Crippen MR) is 157 cm³/mol. The number of amides is 2. The molecule has 7 nitrogen and oxygen atoms in total. The van der Waals surface area contributed by atoms with Crippen LogP contribution in [0.1, 0.15) is 37.5 Å². The highest BCUT2D eigenvalue weighted by molar-refractivity contribution is 7.92.